The van der Waals surface area contributed by atoms with Crippen LogP contribution in [0, 0.1) is 0 Å². The first-order valence-electron chi connectivity index (χ1n) is 7.61. The molecule has 12 heteroatoms. The molecule has 0 saturated heterocycles. The molecule has 6 nitrogen and oxygen atoms in total. The minimum atomic E-state index is -4.69. The van der Waals surface area contributed by atoms with Gasteiger partial charge in [0.15, 0.2) is 0 Å². The molecule has 0 radical (unpaired) electrons. The number of nitrogens with one attached hydrogen (secondary N) is 2. The number of carbonyl (C=O) groups excluding carboxylic acids is 2. The van der Waals surface area contributed by atoms with Crippen LogP contribution < -0.4 is 10.6 Å². The summed E-state index contributed by atoms with van der Waals surface area (Å²) in [6.45, 7) is 0. The molecule has 29 heavy (non-hydrogen) atoms. The van der Waals surface area contributed by atoms with Crippen LogP contribution >= 0.6 is 0 Å². The standard InChI is InChI=1S/C17H11F6N3O3/c18-16(19,20)9-3-1-5-11(7-9)24-14(27)13(26-29)15(28)25-12-6-2-4-10(8-12)17(21,22)23/h1-8,29H,(H,24,27)(H,25,28). The van der Waals surface area contributed by atoms with Gasteiger partial charge in [0.25, 0.3) is 11.8 Å². The first-order chi connectivity index (χ1) is 13.4. The molecule has 0 aliphatic rings. The second-order valence-electron chi connectivity index (χ2n) is 5.51. The second kappa shape index (κ2) is 8.20. The average molecular weight is 419 g/mol. The van der Waals surface area contributed by atoms with Crippen molar-refractivity contribution >= 4 is 28.9 Å². The van der Waals surface area contributed by atoms with E-state index in [0.29, 0.717) is 12.1 Å². The number of hydrogen-bond acceptors (Lipinski definition) is 4. The molecule has 0 heterocycles. The van der Waals surface area contributed by atoms with Crippen LogP contribution in [0.5, 0.6) is 0 Å². The molecular formula is C17H11F6N3O3. The molecule has 0 unspecified atom stereocenters. The fourth-order valence-electron chi connectivity index (χ4n) is 2.12. The Morgan fingerprint density at radius 1 is 0.759 bits per heavy atom. The summed E-state index contributed by atoms with van der Waals surface area (Å²) < 4.78 is 76.2. The number of hydrogen-bond donors (Lipinski definition) is 3. The zero-order valence-electron chi connectivity index (χ0n) is 14.1. The van der Waals surface area contributed by atoms with Gasteiger partial charge in [-0.1, -0.05) is 17.3 Å². The summed E-state index contributed by atoms with van der Waals surface area (Å²) in [4.78, 5) is 24.1. The van der Waals surface area contributed by atoms with Crippen molar-refractivity contribution in [3.05, 3.63) is 59.7 Å². The molecule has 3 N–H and O–H groups in total. The third-order valence-electron chi connectivity index (χ3n) is 3.43. The summed E-state index contributed by atoms with van der Waals surface area (Å²) in [6, 6.07) is 6.83. The Kier molecular flexibility index (Phi) is 6.15. The summed E-state index contributed by atoms with van der Waals surface area (Å²) in [5.74, 6) is -2.76. The Hall–Kier alpha value is -3.57. The van der Waals surface area contributed by atoms with Crippen molar-refractivity contribution in [3.8, 4) is 0 Å². The quantitative estimate of drug-likeness (QED) is 0.229. The molecule has 0 aliphatic heterocycles. The van der Waals surface area contributed by atoms with Crippen molar-refractivity contribution in [2.24, 2.45) is 5.16 Å². The van der Waals surface area contributed by atoms with Crippen LogP contribution in [0.1, 0.15) is 11.1 Å². The summed E-state index contributed by atoms with van der Waals surface area (Å²) in [7, 11) is 0. The van der Waals surface area contributed by atoms with E-state index < -0.39 is 41.0 Å². The van der Waals surface area contributed by atoms with Gasteiger partial charge in [-0.2, -0.15) is 26.3 Å². The fourth-order valence-corrected chi connectivity index (χ4v) is 2.12. The van der Waals surface area contributed by atoms with Crippen molar-refractivity contribution < 1.29 is 41.1 Å². The van der Waals surface area contributed by atoms with Gasteiger partial charge in [-0.3, -0.25) is 9.59 Å². The molecule has 2 aromatic rings. The molecule has 0 aliphatic carbocycles. The Morgan fingerprint density at radius 3 is 1.45 bits per heavy atom. The first-order valence-corrected chi connectivity index (χ1v) is 7.61. The van der Waals surface area contributed by atoms with E-state index in [4.69, 9.17) is 5.21 Å². The van der Waals surface area contributed by atoms with Crippen molar-refractivity contribution in [1.29, 1.82) is 0 Å². The lowest BCUT2D eigenvalue weighted by molar-refractivity contribution is -0.138. The second-order valence-corrected chi connectivity index (χ2v) is 5.51. The number of benzene rings is 2. The summed E-state index contributed by atoms with van der Waals surface area (Å²) in [5.41, 5.74) is -4.03. The highest BCUT2D eigenvalue weighted by Gasteiger charge is 2.32. The minimum absolute atomic E-state index is 0.349. The van der Waals surface area contributed by atoms with Crippen LogP contribution in [-0.4, -0.2) is 22.7 Å². The number of anilines is 2. The number of carbonyl (C=O) groups is 2. The molecule has 0 saturated carbocycles. The van der Waals surface area contributed by atoms with Gasteiger partial charge in [0.05, 0.1) is 11.1 Å². The van der Waals surface area contributed by atoms with Gasteiger partial charge in [-0.25, -0.2) is 0 Å². The molecule has 154 valence electrons. The van der Waals surface area contributed by atoms with E-state index in [-0.39, 0.29) is 11.4 Å². The maximum absolute atomic E-state index is 12.7. The van der Waals surface area contributed by atoms with E-state index in [1.807, 2.05) is 10.6 Å². The number of halogens is 6. The maximum atomic E-state index is 12.7. The number of alkyl halides is 6. The minimum Gasteiger partial charge on any atom is -0.410 e. The van der Waals surface area contributed by atoms with Crippen LogP contribution in [-0.2, 0) is 21.9 Å². The number of amides is 2. The highest BCUT2D eigenvalue weighted by molar-refractivity contribution is 6.68. The molecule has 2 rings (SSSR count). The van der Waals surface area contributed by atoms with Gasteiger partial charge < -0.3 is 15.8 Å². The Bertz CT molecular complexity index is 880. The SMILES string of the molecule is O=C(Nc1cccc(C(F)(F)F)c1)C(=NO)C(=O)Nc1cccc(C(F)(F)F)c1. The number of nitrogens with zero attached hydrogens (tertiary/aromatic N) is 1. The predicted octanol–water partition coefficient (Wildman–Crippen LogP) is 4.13. The van der Waals surface area contributed by atoms with Gasteiger partial charge >= 0.3 is 12.4 Å². The first kappa shape index (κ1) is 21.7. The Morgan fingerprint density at radius 2 is 1.14 bits per heavy atom. The highest BCUT2D eigenvalue weighted by Crippen LogP contribution is 2.31. The summed E-state index contributed by atoms with van der Waals surface area (Å²) in [5, 5.41) is 15.2. The average Bonchev–Trinajstić information content (AvgIpc) is 2.61. The normalized spacial score (nSPS) is 11.5. The van der Waals surface area contributed by atoms with Crippen LogP contribution in [0.3, 0.4) is 0 Å². The van der Waals surface area contributed by atoms with Crippen LogP contribution in [0.4, 0.5) is 37.7 Å². The third kappa shape index (κ3) is 5.70. The molecule has 0 bridgehead atoms. The number of oxime groups is 1. The van der Waals surface area contributed by atoms with Crippen LogP contribution in [0.15, 0.2) is 53.7 Å². The molecular weight excluding hydrogens is 408 g/mol. The molecule has 0 spiro atoms. The molecule has 0 fully saturated rings. The van der Waals surface area contributed by atoms with Crippen molar-refractivity contribution in [2.75, 3.05) is 10.6 Å². The van der Waals surface area contributed by atoms with Gasteiger partial charge in [-0.05, 0) is 36.4 Å². The van der Waals surface area contributed by atoms with Crippen molar-refractivity contribution in [2.45, 2.75) is 12.4 Å². The summed E-state index contributed by atoms with van der Waals surface area (Å²) >= 11 is 0. The van der Waals surface area contributed by atoms with E-state index in [2.05, 4.69) is 5.16 Å². The highest BCUT2D eigenvalue weighted by atomic mass is 19.4. The molecule has 0 atom stereocenters. The van der Waals surface area contributed by atoms with Crippen LogP contribution in [0.2, 0.25) is 0 Å². The zero-order chi connectivity index (χ0) is 21.8. The van der Waals surface area contributed by atoms with E-state index in [9.17, 15) is 35.9 Å². The predicted molar refractivity (Wildman–Crippen MR) is 89.4 cm³/mol. The van der Waals surface area contributed by atoms with Gasteiger partial charge in [0, 0.05) is 11.4 Å². The van der Waals surface area contributed by atoms with Gasteiger partial charge in [0.1, 0.15) is 0 Å². The van der Waals surface area contributed by atoms with Crippen molar-refractivity contribution in [1.82, 2.24) is 0 Å². The summed E-state index contributed by atoms with van der Waals surface area (Å²) in [6.07, 6.45) is -9.37. The monoisotopic (exact) mass is 419 g/mol. The third-order valence-corrected chi connectivity index (χ3v) is 3.43. The maximum Gasteiger partial charge on any atom is 0.416 e. The largest absolute Gasteiger partial charge is 0.416 e. The Balaban J connectivity index is 2.15. The lowest BCUT2D eigenvalue weighted by Gasteiger charge is -2.11. The van der Waals surface area contributed by atoms with E-state index in [1.165, 1.54) is 0 Å². The number of rotatable bonds is 4. The van der Waals surface area contributed by atoms with Crippen LogP contribution in [0.25, 0.3) is 0 Å². The van der Waals surface area contributed by atoms with Gasteiger partial charge in [-0.15, -0.1) is 0 Å². The smallest absolute Gasteiger partial charge is 0.410 e. The van der Waals surface area contributed by atoms with Gasteiger partial charge in [0.2, 0.25) is 5.71 Å². The zero-order valence-corrected chi connectivity index (χ0v) is 14.1. The Labute approximate surface area is 158 Å². The topological polar surface area (TPSA) is 90.8 Å². The molecule has 0 aromatic heterocycles. The van der Waals surface area contributed by atoms with E-state index in [0.717, 1.165) is 36.4 Å². The van der Waals surface area contributed by atoms with E-state index >= 15 is 0 Å². The lowest BCUT2D eigenvalue weighted by atomic mass is 10.2. The van der Waals surface area contributed by atoms with Crippen molar-refractivity contribution in [3.63, 3.8) is 0 Å². The van der Waals surface area contributed by atoms with E-state index in [1.54, 1.807) is 0 Å². The fraction of sp³-hybridized carbons (Fsp3) is 0.118. The lowest BCUT2D eigenvalue weighted by Crippen LogP contribution is -2.34. The molecule has 2 aromatic carbocycles. The molecule has 2 amide bonds.